The molecule has 0 bridgehead atoms. The highest BCUT2D eigenvalue weighted by molar-refractivity contribution is 5.78. The Morgan fingerprint density at radius 3 is 2.38 bits per heavy atom. The van der Waals surface area contributed by atoms with Gasteiger partial charge in [0, 0.05) is 25.0 Å². The van der Waals surface area contributed by atoms with Crippen molar-refractivity contribution in [3.8, 4) is 0 Å². The van der Waals surface area contributed by atoms with Crippen molar-refractivity contribution in [3.63, 3.8) is 0 Å². The van der Waals surface area contributed by atoms with Gasteiger partial charge >= 0.3 is 6.03 Å². The van der Waals surface area contributed by atoms with Gasteiger partial charge in [-0.1, -0.05) is 27.7 Å². The third-order valence-electron chi connectivity index (χ3n) is 4.06. The molecule has 122 valence electrons. The van der Waals surface area contributed by atoms with Crippen LogP contribution < -0.4 is 11.1 Å². The number of aliphatic hydroxyl groups excluding tert-OH is 1. The molecule has 0 aromatic heterocycles. The van der Waals surface area contributed by atoms with Gasteiger partial charge in [0.2, 0.25) is 5.91 Å². The van der Waals surface area contributed by atoms with Crippen LogP contribution in [-0.4, -0.2) is 47.2 Å². The number of hydrogen-bond donors (Lipinski definition) is 3. The fourth-order valence-electron chi connectivity index (χ4n) is 2.64. The Labute approximate surface area is 127 Å². The van der Waals surface area contributed by atoms with Crippen LogP contribution in [-0.2, 0) is 4.79 Å². The maximum atomic E-state index is 11.8. The molecule has 1 rings (SSSR count). The molecule has 1 fully saturated rings. The summed E-state index contributed by atoms with van der Waals surface area (Å²) in [5.41, 5.74) is 5.38. The summed E-state index contributed by atoms with van der Waals surface area (Å²) in [6.07, 6.45) is 0.992. The first-order valence-electron chi connectivity index (χ1n) is 7.73. The molecule has 3 amide bonds. The van der Waals surface area contributed by atoms with E-state index in [-0.39, 0.29) is 29.7 Å². The highest BCUT2D eigenvalue weighted by atomic mass is 16.3. The van der Waals surface area contributed by atoms with Crippen molar-refractivity contribution >= 4 is 11.9 Å². The molecule has 0 saturated carbocycles. The molecular weight excluding hydrogens is 270 g/mol. The standard InChI is InChI=1S/C15H29N3O3/c1-9(2)13(19)6-11-5-12(17-14(20)10(3)4)8-18(7-11)15(16)21/h9-13,19H,5-8H2,1-4H3,(H2,16,21)(H,17,20). The average molecular weight is 299 g/mol. The second-order valence-corrected chi connectivity index (χ2v) is 6.75. The van der Waals surface area contributed by atoms with Gasteiger partial charge in [-0.3, -0.25) is 4.79 Å². The first-order valence-corrected chi connectivity index (χ1v) is 7.73. The van der Waals surface area contributed by atoms with Crippen molar-refractivity contribution in [1.82, 2.24) is 10.2 Å². The van der Waals surface area contributed by atoms with Crippen molar-refractivity contribution in [2.24, 2.45) is 23.5 Å². The number of nitrogens with one attached hydrogen (secondary N) is 1. The molecular formula is C15H29N3O3. The van der Waals surface area contributed by atoms with Crippen LogP contribution in [0.4, 0.5) is 4.79 Å². The number of hydrogen-bond acceptors (Lipinski definition) is 3. The van der Waals surface area contributed by atoms with Crippen LogP contribution in [0, 0.1) is 17.8 Å². The number of rotatable bonds is 5. The number of primary amides is 1. The van der Waals surface area contributed by atoms with Crippen molar-refractivity contribution in [2.45, 2.75) is 52.7 Å². The van der Waals surface area contributed by atoms with Gasteiger partial charge in [0.25, 0.3) is 0 Å². The molecule has 0 aromatic rings. The van der Waals surface area contributed by atoms with Crippen molar-refractivity contribution < 1.29 is 14.7 Å². The number of carbonyl (C=O) groups is 2. The predicted molar refractivity (Wildman–Crippen MR) is 81.5 cm³/mol. The topological polar surface area (TPSA) is 95.7 Å². The molecule has 0 aromatic carbocycles. The first-order chi connectivity index (χ1) is 9.70. The van der Waals surface area contributed by atoms with Gasteiger partial charge in [0.15, 0.2) is 0 Å². The largest absolute Gasteiger partial charge is 0.393 e. The number of piperidine rings is 1. The number of carbonyl (C=O) groups excluding carboxylic acids is 2. The quantitative estimate of drug-likeness (QED) is 0.705. The molecule has 0 radical (unpaired) electrons. The lowest BCUT2D eigenvalue weighted by atomic mass is 9.86. The molecule has 1 saturated heterocycles. The number of aliphatic hydroxyl groups is 1. The average Bonchev–Trinajstić information content (AvgIpc) is 2.37. The summed E-state index contributed by atoms with van der Waals surface area (Å²) in [4.78, 5) is 24.8. The molecule has 4 N–H and O–H groups in total. The number of nitrogens with two attached hydrogens (primary N) is 1. The Bertz CT molecular complexity index is 371. The normalized spacial score (nSPS) is 24.2. The van der Waals surface area contributed by atoms with E-state index in [2.05, 4.69) is 5.32 Å². The van der Waals surface area contributed by atoms with E-state index in [4.69, 9.17) is 5.73 Å². The third kappa shape index (κ3) is 5.53. The number of urea groups is 1. The van der Waals surface area contributed by atoms with E-state index >= 15 is 0 Å². The summed E-state index contributed by atoms with van der Waals surface area (Å²) in [6, 6.07) is -0.562. The number of nitrogens with zero attached hydrogens (tertiary/aromatic N) is 1. The minimum absolute atomic E-state index is 0.0190. The van der Waals surface area contributed by atoms with Crippen LogP contribution in [0.2, 0.25) is 0 Å². The van der Waals surface area contributed by atoms with E-state index in [9.17, 15) is 14.7 Å². The second-order valence-electron chi connectivity index (χ2n) is 6.75. The fraction of sp³-hybridized carbons (Fsp3) is 0.867. The summed E-state index contributed by atoms with van der Waals surface area (Å²) in [5.74, 6) is 0.224. The Kier molecular flexibility index (Phi) is 6.45. The van der Waals surface area contributed by atoms with Gasteiger partial charge in [0.05, 0.1) is 6.10 Å². The van der Waals surface area contributed by atoms with E-state index in [1.165, 1.54) is 0 Å². The number of amides is 3. The van der Waals surface area contributed by atoms with Gasteiger partial charge in [-0.2, -0.15) is 0 Å². The van der Waals surface area contributed by atoms with Crippen LogP contribution >= 0.6 is 0 Å². The molecule has 6 heteroatoms. The predicted octanol–water partition coefficient (Wildman–Crippen LogP) is 0.935. The van der Waals surface area contributed by atoms with Crippen LogP contribution in [0.5, 0.6) is 0 Å². The maximum Gasteiger partial charge on any atom is 0.314 e. The summed E-state index contributed by atoms with van der Waals surface area (Å²) in [5, 5.41) is 13.0. The molecule has 3 atom stereocenters. The lowest BCUT2D eigenvalue weighted by Crippen LogP contribution is -2.54. The van der Waals surface area contributed by atoms with E-state index in [1.807, 2.05) is 27.7 Å². The van der Waals surface area contributed by atoms with Crippen LogP contribution in [0.15, 0.2) is 0 Å². The van der Waals surface area contributed by atoms with Gasteiger partial charge in [-0.25, -0.2) is 4.79 Å². The van der Waals surface area contributed by atoms with E-state index in [1.54, 1.807) is 4.90 Å². The molecule has 1 aliphatic heterocycles. The summed E-state index contributed by atoms with van der Waals surface area (Å²) < 4.78 is 0. The van der Waals surface area contributed by atoms with Crippen LogP contribution in [0.25, 0.3) is 0 Å². The summed E-state index contributed by atoms with van der Waals surface area (Å²) in [7, 11) is 0. The molecule has 0 aliphatic carbocycles. The minimum Gasteiger partial charge on any atom is -0.393 e. The lowest BCUT2D eigenvalue weighted by Gasteiger charge is -2.38. The van der Waals surface area contributed by atoms with E-state index in [0.29, 0.717) is 19.5 Å². The summed E-state index contributed by atoms with van der Waals surface area (Å²) in [6.45, 7) is 8.61. The van der Waals surface area contributed by atoms with Gasteiger partial charge in [-0.05, 0) is 24.7 Å². The fourth-order valence-corrected chi connectivity index (χ4v) is 2.64. The number of likely N-dealkylation sites (tertiary alicyclic amines) is 1. The Morgan fingerprint density at radius 2 is 1.90 bits per heavy atom. The van der Waals surface area contributed by atoms with Crippen molar-refractivity contribution in [3.05, 3.63) is 0 Å². The molecule has 1 heterocycles. The maximum absolute atomic E-state index is 11.8. The Morgan fingerprint density at radius 1 is 1.29 bits per heavy atom. The zero-order chi connectivity index (χ0) is 16.2. The molecule has 6 nitrogen and oxygen atoms in total. The van der Waals surface area contributed by atoms with Crippen LogP contribution in [0.1, 0.15) is 40.5 Å². The van der Waals surface area contributed by atoms with Gasteiger partial charge < -0.3 is 21.1 Å². The van der Waals surface area contributed by atoms with E-state index < -0.39 is 12.1 Å². The molecule has 3 unspecified atom stereocenters. The monoisotopic (exact) mass is 299 g/mol. The Balaban J connectivity index is 2.68. The second kappa shape index (κ2) is 7.64. The van der Waals surface area contributed by atoms with Gasteiger partial charge in [0.1, 0.15) is 0 Å². The lowest BCUT2D eigenvalue weighted by molar-refractivity contribution is -0.125. The molecule has 21 heavy (non-hydrogen) atoms. The van der Waals surface area contributed by atoms with Gasteiger partial charge in [-0.15, -0.1) is 0 Å². The SMILES string of the molecule is CC(C)C(=O)NC1CC(CC(O)C(C)C)CN(C(N)=O)C1. The minimum atomic E-state index is -0.470. The highest BCUT2D eigenvalue weighted by Crippen LogP contribution is 2.24. The first kappa shape index (κ1) is 17.8. The molecule has 1 aliphatic rings. The highest BCUT2D eigenvalue weighted by Gasteiger charge is 2.31. The molecule has 0 spiro atoms. The zero-order valence-electron chi connectivity index (χ0n) is 13.5. The van der Waals surface area contributed by atoms with Crippen molar-refractivity contribution in [2.75, 3.05) is 13.1 Å². The smallest absolute Gasteiger partial charge is 0.314 e. The van der Waals surface area contributed by atoms with Crippen molar-refractivity contribution in [1.29, 1.82) is 0 Å². The summed E-state index contributed by atoms with van der Waals surface area (Å²) >= 11 is 0. The zero-order valence-corrected chi connectivity index (χ0v) is 13.5. The Hall–Kier alpha value is -1.30. The van der Waals surface area contributed by atoms with Crippen LogP contribution in [0.3, 0.4) is 0 Å². The van der Waals surface area contributed by atoms with E-state index in [0.717, 1.165) is 6.42 Å². The third-order valence-corrected chi connectivity index (χ3v) is 4.06.